The van der Waals surface area contributed by atoms with Gasteiger partial charge in [-0.3, -0.25) is 4.79 Å². The summed E-state index contributed by atoms with van der Waals surface area (Å²) in [7, 11) is 0. The van der Waals surface area contributed by atoms with E-state index in [1.807, 2.05) is 0 Å². The van der Waals surface area contributed by atoms with Crippen LogP contribution in [-0.4, -0.2) is 30.6 Å². The van der Waals surface area contributed by atoms with Gasteiger partial charge in [0, 0.05) is 11.4 Å². The van der Waals surface area contributed by atoms with Gasteiger partial charge in [-0.25, -0.2) is 14.0 Å². The number of hydrogen-bond donors (Lipinski definition) is 3. The highest BCUT2D eigenvalue weighted by Gasteiger charge is 2.18. The summed E-state index contributed by atoms with van der Waals surface area (Å²) in [5.41, 5.74) is 1.28. The van der Waals surface area contributed by atoms with E-state index in [0.717, 1.165) is 0 Å². The molecule has 0 saturated carbocycles. The second-order valence-corrected chi connectivity index (χ2v) is 5.81. The number of carbonyl (C=O) groups is 3. The van der Waals surface area contributed by atoms with Crippen molar-refractivity contribution in [3.8, 4) is 0 Å². The number of esters is 1. The van der Waals surface area contributed by atoms with Gasteiger partial charge >= 0.3 is 12.0 Å². The minimum atomic E-state index is -0.960. The minimum Gasteiger partial charge on any atom is -0.454 e. The maximum atomic E-state index is 13.4. The van der Waals surface area contributed by atoms with Crippen LogP contribution in [-0.2, 0) is 14.3 Å². The number of halogens is 1. The Hall–Kier alpha value is -3.42. The van der Waals surface area contributed by atoms with Crippen LogP contribution in [0.15, 0.2) is 48.5 Å². The first-order valence-electron chi connectivity index (χ1n) is 8.20. The van der Waals surface area contributed by atoms with Gasteiger partial charge in [-0.2, -0.15) is 0 Å². The SMILES string of the molecule is Cc1ccc(NC(=O)COC(=O)[C@H](C)NC(=O)Nc2ccccc2)cc1F. The van der Waals surface area contributed by atoms with Crippen LogP contribution in [0.5, 0.6) is 0 Å². The van der Waals surface area contributed by atoms with Crippen molar-refractivity contribution in [1.29, 1.82) is 0 Å². The second-order valence-electron chi connectivity index (χ2n) is 5.81. The molecular formula is C19H20FN3O4. The Labute approximate surface area is 155 Å². The molecule has 0 aliphatic rings. The molecule has 0 aliphatic carbocycles. The number of aryl methyl sites for hydroxylation is 1. The molecule has 8 heteroatoms. The Morgan fingerprint density at radius 3 is 2.41 bits per heavy atom. The summed E-state index contributed by atoms with van der Waals surface area (Å²) in [5, 5.41) is 7.39. The van der Waals surface area contributed by atoms with E-state index in [1.54, 1.807) is 37.3 Å². The third-order valence-corrected chi connectivity index (χ3v) is 3.53. The van der Waals surface area contributed by atoms with Gasteiger partial charge in [0.2, 0.25) is 0 Å². The molecule has 2 aromatic carbocycles. The van der Waals surface area contributed by atoms with Crippen molar-refractivity contribution in [3.05, 3.63) is 59.9 Å². The summed E-state index contributed by atoms with van der Waals surface area (Å²) in [6, 6.07) is 11.4. The van der Waals surface area contributed by atoms with E-state index in [9.17, 15) is 18.8 Å². The number of hydrogen-bond acceptors (Lipinski definition) is 4. The van der Waals surface area contributed by atoms with Crippen LogP contribution in [0.3, 0.4) is 0 Å². The summed E-state index contributed by atoms with van der Waals surface area (Å²) in [4.78, 5) is 35.5. The zero-order chi connectivity index (χ0) is 19.8. The van der Waals surface area contributed by atoms with Crippen LogP contribution in [0, 0.1) is 12.7 Å². The molecule has 142 valence electrons. The fraction of sp³-hybridized carbons (Fsp3) is 0.211. The summed E-state index contributed by atoms with van der Waals surface area (Å²) in [6.07, 6.45) is 0. The Balaban J connectivity index is 1.75. The van der Waals surface area contributed by atoms with Gasteiger partial charge in [-0.1, -0.05) is 24.3 Å². The Bertz CT molecular complexity index is 827. The summed E-state index contributed by atoms with van der Waals surface area (Å²) in [6.45, 7) is 2.48. The van der Waals surface area contributed by atoms with Crippen LogP contribution in [0.4, 0.5) is 20.6 Å². The van der Waals surface area contributed by atoms with Gasteiger partial charge in [0.15, 0.2) is 6.61 Å². The molecule has 0 aromatic heterocycles. The van der Waals surface area contributed by atoms with Gasteiger partial charge in [-0.05, 0) is 43.7 Å². The topological polar surface area (TPSA) is 96.5 Å². The van der Waals surface area contributed by atoms with Crippen molar-refractivity contribution in [2.24, 2.45) is 0 Å². The summed E-state index contributed by atoms with van der Waals surface area (Å²) < 4.78 is 18.3. The predicted octanol–water partition coefficient (Wildman–Crippen LogP) is 2.83. The molecule has 1 atom stereocenters. The van der Waals surface area contributed by atoms with Gasteiger partial charge < -0.3 is 20.7 Å². The number of urea groups is 1. The van der Waals surface area contributed by atoms with E-state index in [4.69, 9.17) is 4.74 Å². The third-order valence-electron chi connectivity index (χ3n) is 3.53. The lowest BCUT2D eigenvalue weighted by molar-refractivity contribution is -0.148. The van der Waals surface area contributed by atoms with E-state index in [-0.39, 0.29) is 5.69 Å². The average molecular weight is 373 g/mol. The summed E-state index contributed by atoms with van der Waals surface area (Å²) in [5.74, 6) is -1.84. The number of benzene rings is 2. The quantitative estimate of drug-likeness (QED) is 0.679. The van der Waals surface area contributed by atoms with Crippen molar-refractivity contribution in [2.75, 3.05) is 17.2 Å². The molecule has 0 heterocycles. The van der Waals surface area contributed by atoms with Crippen molar-refractivity contribution in [1.82, 2.24) is 5.32 Å². The average Bonchev–Trinajstić information content (AvgIpc) is 2.63. The fourth-order valence-corrected chi connectivity index (χ4v) is 2.07. The Kier molecular flexibility index (Phi) is 6.87. The Morgan fingerprint density at radius 1 is 1.04 bits per heavy atom. The lowest BCUT2D eigenvalue weighted by Crippen LogP contribution is -2.42. The molecule has 0 saturated heterocycles. The van der Waals surface area contributed by atoms with E-state index < -0.39 is 36.4 Å². The van der Waals surface area contributed by atoms with Crippen molar-refractivity contribution in [2.45, 2.75) is 19.9 Å². The highest BCUT2D eigenvalue weighted by molar-refractivity contribution is 5.94. The number of carbonyl (C=O) groups excluding carboxylic acids is 3. The molecule has 0 unspecified atom stereocenters. The maximum Gasteiger partial charge on any atom is 0.328 e. The standard InChI is InChI=1S/C19H20FN3O4/c1-12-8-9-15(10-16(12)20)22-17(24)11-27-18(25)13(2)21-19(26)23-14-6-4-3-5-7-14/h3-10,13H,11H2,1-2H3,(H,22,24)(H2,21,23,26)/t13-/m0/s1. The monoisotopic (exact) mass is 373 g/mol. The highest BCUT2D eigenvalue weighted by Crippen LogP contribution is 2.13. The fourth-order valence-electron chi connectivity index (χ4n) is 2.07. The normalized spacial score (nSPS) is 11.2. The Morgan fingerprint density at radius 2 is 1.74 bits per heavy atom. The second kappa shape index (κ2) is 9.33. The largest absolute Gasteiger partial charge is 0.454 e. The van der Waals surface area contributed by atoms with Gasteiger partial charge in [0.1, 0.15) is 11.9 Å². The number of nitrogens with one attached hydrogen (secondary N) is 3. The molecule has 3 amide bonds. The number of para-hydroxylation sites is 1. The molecule has 0 radical (unpaired) electrons. The van der Waals surface area contributed by atoms with Crippen LogP contribution in [0.1, 0.15) is 12.5 Å². The zero-order valence-electron chi connectivity index (χ0n) is 14.9. The first kappa shape index (κ1) is 19.9. The molecule has 0 spiro atoms. The number of amides is 3. The zero-order valence-corrected chi connectivity index (χ0v) is 14.9. The molecular weight excluding hydrogens is 353 g/mol. The number of anilines is 2. The van der Waals surface area contributed by atoms with E-state index in [2.05, 4.69) is 16.0 Å². The molecule has 0 aliphatic heterocycles. The minimum absolute atomic E-state index is 0.257. The molecule has 2 rings (SSSR count). The van der Waals surface area contributed by atoms with Crippen LogP contribution in [0.25, 0.3) is 0 Å². The van der Waals surface area contributed by atoms with Gasteiger partial charge in [-0.15, -0.1) is 0 Å². The number of rotatable bonds is 6. The van der Waals surface area contributed by atoms with Crippen molar-refractivity contribution < 1.29 is 23.5 Å². The molecule has 0 bridgehead atoms. The van der Waals surface area contributed by atoms with Crippen LogP contribution in [0.2, 0.25) is 0 Å². The first-order chi connectivity index (χ1) is 12.8. The summed E-state index contributed by atoms with van der Waals surface area (Å²) >= 11 is 0. The molecule has 27 heavy (non-hydrogen) atoms. The first-order valence-corrected chi connectivity index (χ1v) is 8.20. The van der Waals surface area contributed by atoms with Crippen LogP contribution >= 0.6 is 0 Å². The third kappa shape index (κ3) is 6.43. The van der Waals surface area contributed by atoms with Gasteiger partial charge in [0.25, 0.3) is 5.91 Å². The van der Waals surface area contributed by atoms with Gasteiger partial charge in [0.05, 0.1) is 0 Å². The molecule has 2 aromatic rings. The molecule has 0 fully saturated rings. The molecule has 3 N–H and O–H groups in total. The van der Waals surface area contributed by atoms with E-state index in [0.29, 0.717) is 11.3 Å². The number of ether oxygens (including phenoxy) is 1. The predicted molar refractivity (Wildman–Crippen MR) is 98.8 cm³/mol. The lowest BCUT2D eigenvalue weighted by Gasteiger charge is -2.14. The van der Waals surface area contributed by atoms with Crippen molar-refractivity contribution in [3.63, 3.8) is 0 Å². The smallest absolute Gasteiger partial charge is 0.328 e. The van der Waals surface area contributed by atoms with E-state index >= 15 is 0 Å². The highest BCUT2D eigenvalue weighted by atomic mass is 19.1. The lowest BCUT2D eigenvalue weighted by atomic mass is 10.2. The maximum absolute atomic E-state index is 13.4. The van der Waals surface area contributed by atoms with Crippen LogP contribution < -0.4 is 16.0 Å². The van der Waals surface area contributed by atoms with E-state index in [1.165, 1.54) is 25.1 Å². The van der Waals surface area contributed by atoms with Crippen molar-refractivity contribution >= 4 is 29.3 Å². The molecule has 7 nitrogen and oxygen atoms in total.